The third-order valence-electron chi connectivity index (χ3n) is 2.84. The van der Waals surface area contributed by atoms with Crippen molar-refractivity contribution in [2.75, 3.05) is 0 Å². The largest absolute Gasteiger partial charge is 0.306 e. The lowest BCUT2D eigenvalue weighted by molar-refractivity contribution is 0.907. The Hall–Kier alpha value is -2.91. The van der Waals surface area contributed by atoms with Crippen LogP contribution >= 0.6 is 11.6 Å². The van der Waals surface area contributed by atoms with E-state index in [-0.39, 0.29) is 5.56 Å². The first-order chi connectivity index (χ1) is 10.6. The predicted octanol–water partition coefficient (Wildman–Crippen LogP) is 1.71. The molecule has 0 radical (unpaired) electrons. The predicted molar refractivity (Wildman–Crippen MR) is 81.9 cm³/mol. The first-order valence-corrected chi connectivity index (χ1v) is 6.74. The summed E-state index contributed by atoms with van der Waals surface area (Å²) in [7, 11) is 0. The fourth-order valence-corrected chi connectivity index (χ4v) is 2.06. The highest BCUT2D eigenvalue weighted by molar-refractivity contribution is 6.29. The van der Waals surface area contributed by atoms with Crippen LogP contribution in [0.3, 0.4) is 0 Å². The molecule has 1 N–H and O–H groups in total. The summed E-state index contributed by atoms with van der Waals surface area (Å²) < 4.78 is 1.72. The van der Waals surface area contributed by atoms with Crippen LogP contribution in [0, 0.1) is 18.8 Å². The average molecular weight is 312 g/mol. The summed E-state index contributed by atoms with van der Waals surface area (Å²) in [6.07, 6.45) is 6.09. The van der Waals surface area contributed by atoms with Crippen LogP contribution in [0.15, 0.2) is 41.7 Å². The zero-order chi connectivity index (χ0) is 15.5. The molecule has 0 aliphatic rings. The highest BCUT2D eigenvalue weighted by Crippen LogP contribution is 2.08. The molecule has 0 unspecified atom stereocenters. The maximum absolute atomic E-state index is 11.3. The molecule has 22 heavy (non-hydrogen) atoms. The second kappa shape index (κ2) is 5.84. The number of aromatic nitrogens is 5. The van der Waals surface area contributed by atoms with Crippen LogP contribution in [0.4, 0.5) is 0 Å². The molecule has 6 nitrogen and oxygen atoms in total. The van der Waals surface area contributed by atoms with Crippen molar-refractivity contribution in [3.8, 4) is 17.7 Å². The van der Waals surface area contributed by atoms with Gasteiger partial charge in [0, 0.05) is 18.0 Å². The number of imidazole rings is 1. The minimum atomic E-state index is -0.273. The Morgan fingerprint density at radius 1 is 1.32 bits per heavy atom. The van der Waals surface area contributed by atoms with Gasteiger partial charge < -0.3 is 4.98 Å². The van der Waals surface area contributed by atoms with Crippen LogP contribution in [-0.2, 0) is 0 Å². The third-order valence-corrected chi connectivity index (χ3v) is 3.05. The topological polar surface area (TPSA) is 76.5 Å². The summed E-state index contributed by atoms with van der Waals surface area (Å²) in [5, 5.41) is 0.390. The summed E-state index contributed by atoms with van der Waals surface area (Å²) in [6.45, 7) is 1.82. The normalized spacial score (nSPS) is 10.1. The first kappa shape index (κ1) is 14.0. The number of aromatic amines is 1. The van der Waals surface area contributed by atoms with Crippen molar-refractivity contribution in [3.63, 3.8) is 0 Å². The smallest absolute Gasteiger partial charge is 0.267 e. The molecule has 0 aliphatic carbocycles. The van der Waals surface area contributed by atoms with Crippen LogP contribution in [0.1, 0.15) is 17.1 Å². The standard InChI is InChI=1S/C15H10ClN5O/c1-10-19-12(3-2-11-4-5-18-13(16)6-11)9-21(10)14-7-17-8-15(22)20-14/h4-9H,1H3,(H,20,22). The molecule has 3 heterocycles. The van der Waals surface area contributed by atoms with Crippen LogP contribution in [0.25, 0.3) is 5.82 Å². The van der Waals surface area contributed by atoms with Gasteiger partial charge in [0.05, 0.1) is 12.4 Å². The van der Waals surface area contributed by atoms with Gasteiger partial charge in [-0.05, 0) is 25.0 Å². The maximum atomic E-state index is 11.3. The van der Waals surface area contributed by atoms with Crippen molar-refractivity contribution in [3.05, 3.63) is 69.5 Å². The van der Waals surface area contributed by atoms with E-state index >= 15 is 0 Å². The Morgan fingerprint density at radius 3 is 2.95 bits per heavy atom. The molecule has 0 saturated carbocycles. The zero-order valence-electron chi connectivity index (χ0n) is 11.5. The van der Waals surface area contributed by atoms with Gasteiger partial charge in [-0.1, -0.05) is 17.5 Å². The van der Waals surface area contributed by atoms with E-state index in [9.17, 15) is 4.79 Å². The highest BCUT2D eigenvalue weighted by Gasteiger charge is 2.05. The van der Waals surface area contributed by atoms with Gasteiger partial charge in [0.2, 0.25) is 0 Å². The van der Waals surface area contributed by atoms with E-state index in [1.807, 2.05) is 6.92 Å². The van der Waals surface area contributed by atoms with Gasteiger partial charge in [-0.2, -0.15) is 0 Å². The van der Waals surface area contributed by atoms with Crippen molar-refractivity contribution in [1.29, 1.82) is 0 Å². The monoisotopic (exact) mass is 311 g/mol. The Balaban J connectivity index is 1.95. The molecule has 0 amide bonds. The molecule has 3 rings (SSSR count). The lowest BCUT2D eigenvalue weighted by Gasteiger charge is -2.01. The Bertz CT molecular complexity index is 948. The molecular weight excluding hydrogens is 302 g/mol. The molecule has 0 aromatic carbocycles. The number of nitrogens with one attached hydrogen (secondary N) is 1. The summed E-state index contributed by atoms with van der Waals surface area (Å²) in [4.78, 5) is 26.1. The van der Waals surface area contributed by atoms with Crippen LogP contribution < -0.4 is 5.56 Å². The van der Waals surface area contributed by atoms with E-state index in [1.165, 1.54) is 6.20 Å². The van der Waals surface area contributed by atoms with Crippen molar-refractivity contribution in [1.82, 2.24) is 24.5 Å². The van der Waals surface area contributed by atoms with Crippen LogP contribution in [-0.4, -0.2) is 24.5 Å². The van der Waals surface area contributed by atoms with Crippen molar-refractivity contribution in [2.24, 2.45) is 0 Å². The molecule has 0 bridgehead atoms. The number of pyridine rings is 1. The average Bonchev–Trinajstić information content (AvgIpc) is 2.86. The fraction of sp³-hybridized carbons (Fsp3) is 0.0667. The zero-order valence-corrected chi connectivity index (χ0v) is 12.3. The first-order valence-electron chi connectivity index (χ1n) is 6.36. The number of halogens is 1. The Labute approximate surface area is 130 Å². The highest BCUT2D eigenvalue weighted by atomic mass is 35.5. The van der Waals surface area contributed by atoms with Crippen LogP contribution in [0.5, 0.6) is 0 Å². The second-order valence-electron chi connectivity index (χ2n) is 4.44. The minimum absolute atomic E-state index is 0.273. The van der Waals surface area contributed by atoms with Gasteiger partial charge in [-0.25, -0.2) is 9.97 Å². The molecule has 0 aliphatic heterocycles. The third kappa shape index (κ3) is 3.05. The summed E-state index contributed by atoms with van der Waals surface area (Å²) in [6, 6.07) is 3.44. The van der Waals surface area contributed by atoms with Gasteiger partial charge in [0.15, 0.2) is 0 Å². The number of nitrogens with zero attached hydrogens (tertiary/aromatic N) is 4. The van der Waals surface area contributed by atoms with E-state index in [2.05, 4.69) is 31.8 Å². The summed E-state index contributed by atoms with van der Waals surface area (Å²) in [5.41, 5.74) is 1.06. The van der Waals surface area contributed by atoms with E-state index < -0.39 is 0 Å². The lowest BCUT2D eigenvalue weighted by atomic mass is 10.3. The Morgan fingerprint density at radius 2 is 2.18 bits per heavy atom. The summed E-state index contributed by atoms with van der Waals surface area (Å²) in [5.74, 6) is 7.15. The quantitative estimate of drug-likeness (QED) is 0.548. The molecule has 7 heteroatoms. The fourth-order valence-electron chi connectivity index (χ4n) is 1.88. The number of aryl methyl sites for hydroxylation is 1. The van der Waals surface area contributed by atoms with Crippen molar-refractivity contribution in [2.45, 2.75) is 6.92 Å². The molecule has 0 saturated heterocycles. The van der Waals surface area contributed by atoms with Gasteiger partial charge in [-0.3, -0.25) is 14.3 Å². The lowest BCUT2D eigenvalue weighted by Crippen LogP contribution is -2.10. The second-order valence-corrected chi connectivity index (χ2v) is 4.83. The number of hydrogen-bond acceptors (Lipinski definition) is 4. The van der Waals surface area contributed by atoms with Gasteiger partial charge in [0.1, 0.15) is 22.5 Å². The summed E-state index contributed by atoms with van der Waals surface area (Å²) >= 11 is 5.81. The van der Waals surface area contributed by atoms with E-state index in [1.54, 1.807) is 35.3 Å². The molecule has 0 fully saturated rings. The molecule has 3 aromatic heterocycles. The maximum Gasteiger partial charge on any atom is 0.267 e. The van der Waals surface area contributed by atoms with Crippen LogP contribution in [0.2, 0.25) is 5.15 Å². The minimum Gasteiger partial charge on any atom is -0.306 e. The van der Waals surface area contributed by atoms with E-state index in [0.29, 0.717) is 22.5 Å². The van der Waals surface area contributed by atoms with E-state index in [4.69, 9.17) is 11.6 Å². The number of rotatable bonds is 1. The molecule has 0 spiro atoms. The number of H-pyrrole nitrogens is 1. The molecular formula is C15H10ClN5O. The van der Waals surface area contributed by atoms with Gasteiger partial charge in [-0.15, -0.1) is 0 Å². The molecule has 0 atom stereocenters. The van der Waals surface area contributed by atoms with E-state index in [0.717, 1.165) is 5.56 Å². The molecule has 3 aromatic rings. The van der Waals surface area contributed by atoms with Gasteiger partial charge >= 0.3 is 0 Å². The molecule has 108 valence electrons. The van der Waals surface area contributed by atoms with Crippen molar-refractivity contribution >= 4 is 11.6 Å². The SMILES string of the molecule is Cc1nc(C#Cc2ccnc(Cl)c2)cn1-c1cncc(=O)[nH]1. The van der Waals surface area contributed by atoms with Crippen molar-refractivity contribution < 1.29 is 0 Å². The van der Waals surface area contributed by atoms with Gasteiger partial charge in [0.25, 0.3) is 5.56 Å². The Kier molecular flexibility index (Phi) is 3.73. The number of hydrogen-bond donors (Lipinski definition) is 1.